The summed E-state index contributed by atoms with van der Waals surface area (Å²) in [5.74, 6) is 0.916. The van der Waals surface area contributed by atoms with Crippen LogP contribution in [-0.4, -0.2) is 68.1 Å². The monoisotopic (exact) mass is 333 g/mol. The molecule has 1 aliphatic heterocycles. The molecule has 0 atom stereocenters. The Morgan fingerprint density at radius 2 is 1.79 bits per heavy atom. The Kier molecular flexibility index (Phi) is 7.53. The lowest BCUT2D eigenvalue weighted by molar-refractivity contribution is 0.0703. The number of nitrogens with one attached hydrogen (secondary N) is 1. The molecule has 1 N–H and O–H groups in total. The first-order valence-corrected chi connectivity index (χ1v) is 9.08. The topological polar surface area (TPSA) is 44.8 Å². The van der Waals surface area contributed by atoms with E-state index in [1.165, 1.54) is 0 Å². The van der Waals surface area contributed by atoms with Crippen LogP contribution in [0.5, 0.6) is 5.75 Å². The maximum Gasteiger partial charge on any atom is 0.253 e. The van der Waals surface area contributed by atoms with Crippen molar-refractivity contribution in [3.63, 3.8) is 0 Å². The fraction of sp³-hybridized carbons (Fsp3) is 0.632. The van der Waals surface area contributed by atoms with E-state index in [0.29, 0.717) is 12.6 Å². The minimum absolute atomic E-state index is 0.0941. The minimum atomic E-state index is 0.0941. The minimum Gasteiger partial charge on any atom is -0.492 e. The molecule has 1 aromatic carbocycles. The zero-order valence-corrected chi connectivity index (χ0v) is 15.3. The Labute approximate surface area is 146 Å². The van der Waals surface area contributed by atoms with Crippen LogP contribution in [0.1, 0.15) is 37.0 Å². The van der Waals surface area contributed by atoms with Gasteiger partial charge in [-0.05, 0) is 63.3 Å². The van der Waals surface area contributed by atoms with E-state index in [1.54, 1.807) is 0 Å². The number of hydrogen-bond donors (Lipinski definition) is 1. The SMILES string of the molecule is CCN(CC)CCOc1ccc(C(=O)N(C)C2CCNCC2)cc1. The first-order valence-electron chi connectivity index (χ1n) is 9.08. The highest BCUT2D eigenvalue weighted by Crippen LogP contribution is 2.17. The van der Waals surface area contributed by atoms with Crippen LogP contribution >= 0.6 is 0 Å². The Balaban J connectivity index is 1.85. The lowest BCUT2D eigenvalue weighted by Gasteiger charge is -2.31. The molecule has 0 aromatic heterocycles. The van der Waals surface area contributed by atoms with Crippen LogP contribution in [0.25, 0.3) is 0 Å². The van der Waals surface area contributed by atoms with Crippen LogP contribution in [0.15, 0.2) is 24.3 Å². The van der Waals surface area contributed by atoms with Crippen molar-refractivity contribution in [2.24, 2.45) is 0 Å². The normalized spacial score (nSPS) is 15.5. The molecule has 5 nitrogen and oxygen atoms in total. The van der Waals surface area contributed by atoms with Gasteiger partial charge in [-0.1, -0.05) is 13.8 Å². The average molecular weight is 333 g/mol. The van der Waals surface area contributed by atoms with Crippen molar-refractivity contribution >= 4 is 5.91 Å². The molecule has 1 aliphatic rings. The number of benzene rings is 1. The van der Waals surface area contributed by atoms with Crippen molar-refractivity contribution in [1.29, 1.82) is 0 Å². The quantitative estimate of drug-likeness (QED) is 0.792. The summed E-state index contributed by atoms with van der Waals surface area (Å²) in [5, 5.41) is 3.33. The molecule has 5 heteroatoms. The maximum absolute atomic E-state index is 12.6. The van der Waals surface area contributed by atoms with Crippen LogP contribution in [-0.2, 0) is 0 Å². The molecule has 0 spiro atoms. The highest BCUT2D eigenvalue weighted by Gasteiger charge is 2.22. The van der Waals surface area contributed by atoms with Gasteiger partial charge >= 0.3 is 0 Å². The van der Waals surface area contributed by atoms with E-state index >= 15 is 0 Å². The number of rotatable bonds is 8. The zero-order valence-electron chi connectivity index (χ0n) is 15.3. The predicted molar refractivity (Wildman–Crippen MR) is 97.7 cm³/mol. The van der Waals surface area contributed by atoms with Gasteiger partial charge in [0.05, 0.1) is 0 Å². The highest BCUT2D eigenvalue weighted by atomic mass is 16.5. The fourth-order valence-electron chi connectivity index (χ4n) is 3.09. The lowest BCUT2D eigenvalue weighted by atomic mass is 10.0. The number of ether oxygens (including phenoxy) is 1. The summed E-state index contributed by atoms with van der Waals surface area (Å²) in [6.45, 7) is 9.96. The third kappa shape index (κ3) is 5.21. The molecule has 1 heterocycles. The van der Waals surface area contributed by atoms with Gasteiger partial charge in [-0.25, -0.2) is 0 Å². The zero-order chi connectivity index (χ0) is 17.4. The number of carbonyl (C=O) groups excluding carboxylic acids is 1. The van der Waals surface area contributed by atoms with Crippen LogP contribution in [0, 0.1) is 0 Å². The second-order valence-corrected chi connectivity index (χ2v) is 6.30. The van der Waals surface area contributed by atoms with E-state index in [0.717, 1.165) is 56.9 Å². The van der Waals surface area contributed by atoms with Gasteiger partial charge in [0.25, 0.3) is 5.91 Å². The first-order chi connectivity index (χ1) is 11.7. The van der Waals surface area contributed by atoms with Gasteiger partial charge < -0.3 is 19.9 Å². The van der Waals surface area contributed by atoms with Gasteiger partial charge in [-0.15, -0.1) is 0 Å². The van der Waals surface area contributed by atoms with E-state index in [1.807, 2.05) is 36.2 Å². The lowest BCUT2D eigenvalue weighted by Crippen LogP contribution is -2.43. The first kappa shape index (κ1) is 18.7. The van der Waals surface area contributed by atoms with Gasteiger partial charge in [0, 0.05) is 25.2 Å². The molecule has 0 saturated carbocycles. The van der Waals surface area contributed by atoms with Crippen molar-refractivity contribution in [2.75, 3.05) is 46.4 Å². The second kappa shape index (κ2) is 9.64. The third-order valence-electron chi connectivity index (χ3n) is 4.85. The number of hydrogen-bond acceptors (Lipinski definition) is 4. The average Bonchev–Trinajstić information content (AvgIpc) is 2.65. The summed E-state index contributed by atoms with van der Waals surface area (Å²) in [4.78, 5) is 16.8. The number of piperidine rings is 1. The van der Waals surface area contributed by atoms with Crippen LogP contribution in [0.2, 0.25) is 0 Å². The maximum atomic E-state index is 12.6. The second-order valence-electron chi connectivity index (χ2n) is 6.30. The molecule has 24 heavy (non-hydrogen) atoms. The van der Waals surface area contributed by atoms with Gasteiger partial charge in [-0.2, -0.15) is 0 Å². The number of nitrogens with zero attached hydrogens (tertiary/aromatic N) is 2. The molecule has 0 unspecified atom stereocenters. The van der Waals surface area contributed by atoms with Crippen molar-refractivity contribution in [1.82, 2.24) is 15.1 Å². The van der Waals surface area contributed by atoms with Crippen LogP contribution in [0.3, 0.4) is 0 Å². The Morgan fingerprint density at radius 3 is 2.38 bits per heavy atom. The van der Waals surface area contributed by atoms with Gasteiger partial charge in [-0.3, -0.25) is 4.79 Å². The van der Waals surface area contributed by atoms with E-state index in [9.17, 15) is 4.79 Å². The Bertz CT molecular complexity index is 494. The summed E-state index contributed by atoms with van der Waals surface area (Å²) in [6, 6.07) is 7.86. The molecule has 0 bridgehead atoms. The number of amides is 1. The largest absolute Gasteiger partial charge is 0.492 e. The molecule has 2 rings (SSSR count). The van der Waals surface area contributed by atoms with E-state index in [4.69, 9.17) is 4.74 Å². The molecule has 0 radical (unpaired) electrons. The summed E-state index contributed by atoms with van der Waals surface area (Å²) >= 11 is 0. The van der Waals surface area contributed by atoms with Gasteiger partial charge in [0.1, 0.15) is 12.4 Å². The fourth-order valence-corrected chi connectivity index (χ4v) is 3.09. The van der Waals surface area contributed by atoms with Crippen LogP contribution in [0.4, 0.5) is 0 Å². The summed E-state index contributed by atoms with van der Waals surface area (Å²) < 4.78 is 5.78. The summed E-state index contributed by atoms with van der Waals surface area (Å²) in [5.41, 5.74) is 0.729. The van der Waals surface area contributed by atoms with Crippen molar-refractivity contribution in [3.8, 4) is 5.75 Å². The van der Waals surface area contributed by atoms with Gasteiger partial charge in [0.2, 0.25) is 0 Å². The van der Waals surface area contributed by atoms with Crippen molar-refractivity contribution < 1.29 is 9.53 Å². The highest BCUT2D eigenvalue weighted by molar-refractivity contribution is 5.94. The summed E-state index contributed by atoms with van der Waals surface area (Å²) in [6.07, 6.45) is 2.05. The van der Waals surface area contributed by atoms with Crippen molar-refractivity contribution in [2.45, 2.75) is 32.7 Å². The third-order valence-corrected chi connectivity index (χ3v) is 4.85. The standard InChI is InChI=1S/C19H31N3O2/c1-4-22(5-2)14-15-24-18-8-6-16(7-9-18)19(23)21(3)17-10-12-20-13-11-17/h6-9,17,20H,4-5,10-15H2,1-3H3. The molecule has 134 valence electrons. The molecule has 1 saturated heterocycles. The predicted octanol–water partition coefficient (Wildman–Crippen LogP) is 2.23. The number of likely N-dealkylation sites (N-methyl/N-ethyl adjacent to an activating group) is 1. The molecular formula is C19H31N3O2. The van der Waals surface area contributed by atoms with Crippen LogP contribution < -0.4 is 10.1 Å². The number of carbonyl (C=O) groups is 1. The Morgan fingerprint density at radius 1 is 1.17 bits per heavy atom. The molecular weight excluding hydrogens is 302 g/mol. The summed E-state index contributed by atoms with van der Waals surface area (Å²) in [7, 11) is 1.91. The smallest absolute Gasteiger partial charge is 0.253 e. The molecule has 1 amide bonds. The molecule has 1 aromatic rings. The van der Waals surface area contributed by atoms with E-state index in [2.05, 4.69) is 24.1 Å². The van der Waals surface area contributed by atoms with Crippen molar-refractivity contribution in [3.05, 3.63) is 29.8 Å². The van der Waals surface area contributed by atoms with E-state index < -0.39 is 0 Å². The Hall–Kier alpha value is -1.59. The van der Waals surface area contributed by atoms with E-state index in [-0.39, 0.29) is 5.91 Å². The molecule has 1 fully saturated rings. The molecule has 0 aliphatic carbocycles. The van der Waals surface area contributed by atoms with Gasteiger partial charge in [0.15, 0.2) is 0 Å².